The van der Waals surface area contributed by atoms with Gasteiger partial charge in [-0.25, -0.2) is 4.79 Å². The maximum absolute atomic E-state index is 12.1. The van der Waals surface area contributed by atoms with Crippen molar-refractivity contribution in [1.82, 2.24) is 0 Å². The normalized spacial score (nSPS) is 17.9. The van der Waals surface area contributed by atoms with E-state index in [4.69, 9.17) is 18.6 Å². The van der Waals surface area contributed by atoms with E-state index in [0.29, 0.717) is 28.4 Å². The minimum atomic E-state index is -0.426. The van der Waals surface area contributed by atoms with Gasteiger partial charge in [0.15, 0.2) is 11.5 Å². The van der Waals surface area contributed by atoms with Gasteiger partial charge in [-0.15, -0.1) is 0 Å². The van der Waals surface area contributed by atoms with E-state index in [0.717, 1.165) is 16.5 Å². The first-order valence-electron chi connectivity index (χ1n) is 8.28. The summed E-state index contributed by atoms with van der Waals surface area (Å²) in [5.74, 6) is 1.11. The molecule has 1 aromatic heterocycles. The predicted molar refractivity (Wildman–Crippen MR) is 91.9 cm³/mol. The van der Waals surface area contributed by atoms with Crippen LogP contribution in [0.5, 0.6) is 17.2 Å². The predicted octanol–water partition coefficient (Wildman–Crippen LogP) is 3.27. The van der Waals surface area contributed by atoms with Crippen LogP contribution in [0.1, 0.15) is 29.0 Å². The van der Waals surface area contributed by atoms with E-state index in [1.54, 1.807) is 6.07 Å². The lowest BCUT2D eigenvalue weighted by molar-refractivity contribution is -0.135. The van der Waals surface area contributed by atoms with Crippen molar-refractivity contribution in [2.75, 3.05) is 6.79 Å². The molecule has 3 heterocycles. The second kappa shape index (κ2) is 5.36. The smallest absolute Gasteiger partial charge is 0.336 e. The molecule has 5 rings (SSSR count). The SMILES string of the molecule is Cc1cc(=O)oc2c3c(ccc12)OC(=O)CC3c1ccc2c(c1)OCO2. The summed E-state index contributed by atoms with van der Waals surface area (Å²) in [6, 6.07) is 10.6. The fourth-order valence-corrected chi connectivity index (χ4v) is 3.65. The van der Waals surface area contributed by atoms with Crippen molar-refractivity contribution in [1.29, 1.82) is 0 Å². The van der Waals surface area contributed by atoms with Crippen molar-refractivity contribution in [3.63, 3.8) is 0 Å². The average Bonchev–Trinajstić information content (AvgIpc) is 3.08. The lowest BCUT2D eigenvalue weighted by atomic mass is 9.85. The number of hydrogen-bond acceptors (Lipinski definition) is 6. The third-order valence-corrected chi connectivity index (χ3v) is 4.86. The summed E-state index contributed by atoms with van der Waals surface area (Å²) in [6.07, 6.45) is 0.156. The molecule has 2 aliphatic heterocycles. The van der Waals surface area contributed by atoms with Crippen LogP contribution < -0.4 is 19.8 Å². The fourth-order valence-electron chi connectivity index (χ4n) is 3.65. The molecule has 0 saturated heterocycles. The maximum atomic E-state index is 12.1. The molecule has 0 amide bonds. The summed E-state index contributed by atoms with van der Waals surface area (Å²) in [5, 5.41) is 0.826. The molecule has 0 bridgehead atoms. The second-order valence-corrected chi connectivity index (χ2v) is 6.45. The number of aryl methyl sites for hydroxylation is 1. The van der Waals surface area contributed by atoms with Crippen LogP contribution in [-0.2, 0) is 4.79 Å². The first-order valence-corrected chi connectivity index (χ1v) is 8.28. The van der Waals surface area contributed by atoms with Crippen molar-refractivity contribution in [3.05, 3.63) is 63.5 Å². The molecule has 2 aromatic carbocycles. The van der Waals surface area contributed by atoms with Gasteiger partial charge in [-0.3, -0.25) is 4.79 Å². The standard InChI is InChI=1S/C20H14O6/c1-10-6-17(21)26-20-12(10)3-5-15-19(20)13(8-18(22)25-15)11-2-4-14-16(7-11)24-9-23-14/h2-7,13H,8-9H2,1H3. The molecule has 0 spiro atoms. The number of hydrogen-bond donors (Lipinski definition) is 0. The molecule has 6 heteroatoms. The molecule has 0 N–H and O–H groups in total. The van der Waals surface area contributed by atoms with E-state index < -0.39 is 5.63 Å². The zero-order valence-electron chi connectivity index (χ0n) is 13.9. The van der Waals surface area contributed by atoms with E-state index >= 15 is 0 Å². The van der Waals surface area contributed by atoms with Crippen LogP contribution in [0, 0.1) is 6.92 Å². The lowest BCUT2D eigenvalue weighted by Gasteiger charge is -2.25. The van der Waals surface area contributed by atoms with E-state index in [1.165, 1.54) is 6.07 Å². The molecule has 6 nitrogen and oxygen atoms in total. The molecule has 130 valence electrons. The quantitative estimate of drug-likeness (QED) is 0.381. The van der Waals surface area contributed by atoms with Gasteiger partial charge >= 0.3 is 11.6 Å². The topological polar surface area (TPSA) is 75.0 Å². The van der Waals surface area contributed by atoms with E-state index in [2.05, 4.69) is 0 Å². The van der Waals surface area contributed by atoms with Crippen LogP contribution in [0.4, 0.5) is 0 Å². The summed E-state index contributed by atoms with van der Waals surface area (Å²) < 4.78 is 21.7. The molecular formula is C20H14O6. The molecule has 1 unspecified atom stereocenters. The molecule has 26 heavy (non-hydrogen) atoms. The Morgan fingerprint density at radius 2 is 1.77 bits per heavy atom. The third kappa shape index (κ3) is 2.19. The van der Waals surface area contributed by atoms with E-state index in [1.807, 2.05) is 31.2 Å². The minimum absolute atomic E-state index is 0.156. The van der Waals surface area contributed by atoms with Gasteiger partial charge in [-0.1, -0.05) is 6.07 Å². The number of carbonyl (C=O) groups excluding carboxylic acids is 1. The molecule has 0 aliphatic carbocycles. The summed E-state index contributed by atoms with van der Waals surface area (Å²) in [4.78, 5) is 24.1. The van der Waals surface area contributed by atoms with Crippen LogP contribution in [0.3, 0.4) is 0 Å². The van der Waals surface area contributed by atoms with Crippen LogP contribution in [0.25, 0.3) is 11.0 Å². The Balaban J connectivity index is 1.77. The minimum Gasteiger partial charge on any atom is -0.454 e. The Morgan fingerprint density at radius 1 is 0.962 bits per heavy atom. The van der Waals surface area contributed by atoms with Crippen molar-refractivity contribution >= 4 is 16.9 Å². The Labute approximate surface area is 147 Å². The molecule has 2 aliphatic rings. The van der Waals surface area contributed by atoms with Crippen molar-refractivity contribution in [3.8, 4) is 17.2 Å². The summed E-state index contributed by atoms with van der Waals surface area (Å²) >= 11 is 0. The first-order chi connectivity index (χ1) is 12.6. The Morgan fingerprint density at radius 3 is 2.65 bits per heavy atom. The van der Waals surface area contributed by atoms with Gasteiger partial charge in [0.1, 0.15) is 11.3 Å². The van der Waals surface area contributed by atoms with E-state index in [9.17, 15) is 9.59 Å². The second-order valence-electron chi connectivity index (χ2n) is 6.45. The average molecular weight is 350 g/mol. The highest BCUT2D eigenvalue weighted by Gasteiger charge is 2.32. The molecule has 3 aromatic rings. The number of esters is 1. The van der Waals surface area contributed by atoms with Crippen LogP contribution in [-0.4, -0.2) is 12.8 Å². The summed E-state index contributed by atoms with van der Waals surface area (Å²) in [5.41, 5.74) is 2.44. The molecule has 1 atom stereocenters. The Bertz CT molecular complexity index is 1130. The zero-order valence-corrected chi connectivity index (χ0v) is 13.9. The zero-order chi connectivity index (χ0) is 17.8. The highest BCUT2D eigenvalue weighted by Crippen LogP contribution is 2.45. The maximum Gasteiger partial charge on any atom is 0.336 e. The van der Waals surface area contributed by atoms with Gasteiger partial charge < -0.3 is 18.6 Å². The van der Waals surface area contributed by atoms with Gasteiger partial charge in [0.2, 0.25) is 6.79 Å². The number of fused-ring (bicyclic) bond motifs is 4. The Kier molecular flexibility index (Phi) is 3.09. The summed E-state index contributed by atoms with van der Waals surface area (Å²) in [6.45, 7) is 2.04. The van der Waals surface area contributed by atoms with Gasteiger partial charge in [0, 0.05) is 22.9 Å². The Hall–Kier alpha value is -3.28. The van der Waals surface area contributed by atoms with Crippen LogP contribution in [0.15, 0.2) is 45.6 Å². The summed E-state index contributed by atoms with van der Waals surface area (Å²) in [7, 11) is 0. The van der Waals surface area contributed by atoms with Gasteiger partial charge in [0.25, 0.3) is 0 Å². The number of rotatable bonds is 1. The van der Waals surface area contributed by atoms with Crippen molar-refractivity contribution in [2.24, 2.45) is 0 Å². The van der Waals surface area contributed by atoms with Crippen molar-refractivity contribution in [2.45, 2.75) is 19.3 Å². The monoisotopic (exact) mass is 350 g/mol. The number of carbonyl (C=O) groups is 1. The van der Waals surface area contributed by atoms with Gasteiger partial charge in [0.05, 0.1) is 6.42 Å². The van der Waals surface area contributed by atoms with Crippen molar-refractivity contribution < 1.29 is 23.4 Å². The first kappa shape index (κ1) is 15.0. The third-order valence-electron chi connectivity index (χ3n) is 4.86. The molecule has 0 radical (unpaired) electrons. The molecule has 0 fully saturated rings. The highest BCUT2D eigenvalue weighted by molar-refractivity contribution is 5.90. The largest absolute Gasteiger partial charge is 0.454 e. The highest BCUT2D eigenvalue weighted by atomic mass is 16.7. The molecular weight excluding hydrogens is 336 g/mol. The van der Waals surface area contributed by atoms with Gasteiger partial charge in [-0.2, -0.15) is 0 Å². The fraction of sp³-hybridized carbons (Fsp3) is 0.200. The van der Waals surface area contributed by atoms with Crippen LogP contribution >= 0.6 is 0 Å². The van der Waals surface area contributed by atoms with E-state index in [-0.39, 0.29) is 25.1 Å². The number of ether oxygens (including phenoxy) is 3. The lowest BCUT2D eigenvalue weighted by Crippen LogP contribution is -2.21. The van der Waals surface area contributed by atoms with Crippen LogP contribution in [0.2, 0.25) is 0 Å². The molecule has 0 saturated carbocycles. The number of benzene rings is 2. The van der Waals surface area contributed by atoms with Gasteiger partial charge in [-0.05, 0) is 42.3 Å².